The van der Waals surface area contributed by atoms with Crippen molar-refractivity contribution >= 4 is 17.3 Å². The molecule has 1 N–H and O–H groups in total. The van der Waals surface area contributed by atoms with Gasteiger partial charge in [0.2, 0.25) is 0 Å². The highest BCUT2D eigenvalue weighted by Crippen LogP contribution is 2.38. The second kappa shape index (κ2) is 9.24. The first-order valence-electron chi connectivity index (χ1n) is 11.4. The van der Waals surface area contributed by atoms with E-state index in [9.17, 15) is 9.18 Å². The van der Waals surface area contributed by atoms with Crippen LogP contribution in [0.15, 0.2) is 78.9 Å². The first kappa shape index (κ1) is 21.5. The smallest absolute Gasteiger partial charge is 0.255 e. The lowest BCUT2D eigenvalue weighted by molar-refractivity contribution is -0.0395. The molecule has 2 fully saturated rings. The molecule has 3 aromatic rings. The number of halogens is 1. The minimum absolute atomic E-state index is 0.0148. The number of piperidine rings is 1. The lowest BCUT2D eigenvalue weighted by Gasteiger charge is -2.38. The summed E-state index contributed by atoms with van der Waals surface area (Å²) in [5, 5.41) is 3.36. The maximum atomic E-state index is 13.9. The summed E-state index contributed by atoms with van der Waals surface area (Å²) in [5.41, 5.74) is 2.08. The van der Waals surface area contributed by atoms with Crippen molar-refractivity contribution < 1.29 is 18.7 Å². The van der Waals surface area contributed by atoms with E-state index in [-0.39, 0.29) is 29.2 Å². The van der Waals surface area contributed by atoms with Crippen LogP contribution in [0.2, 0.25) is 0 Å². The summed E-state index contributed by atoms with van der Waals surface area (Å²) < 4.78 is 25.9. The van der Waals surface area contributed by atoms with Crippen molar-refractivity contribution in [2.24, 2.45) is 0 Å². The zero-order chi connectivity index (χ0) is 22.7. The number of amides is 1. The Kier molecular flexibility index (Phi) is 6.01. The van der Waals surface area contributed by atoms with Gasteiger partial charge in [0.1, 0.15) is 6.10 Å². The van der Waals surface area contributed by atoms with Crippen LogP contribution in [0.25, 0.3) is 0 Å². The van der Waals surface area contributed by atoms with Gasteiger partial charge in [0, 0.05) is 25.2 Å². The SMILES string of the molecule is O=C(c1ccccc1Nc1ccccc1)N1CCC2(CC1)CC(Oc1ccccc1F)CO2. The molecule has 33 heavy (non-hydrogen) atoms. The van der Waals surface area contributed by atoms with Crippen LogP contribution in [0.3, 0.4) is 0 Å². The van der Waals surface area contributed by atoms with E-state index in [1.807, 2.05) is 59.5 Å². The highest BCUT2D eigenvalue weighted by molar-refractivity contribution is 6.00. The number of likely N-dealkylation sites (tertiary alicyclic amines) is 1. The van der Waals surface area contributed by atoms with Gasteiger partial charge in [-0.3, -0.25) is 4.79 Å². The Bertz CT molecular complexity index is 1110. The second-order valence-electron chi connectivity index (χ2n) is 8.70. The Morgan fingerprint density at radius 2 is 1.67 bits per heavy atom. The number of carbonyl (C=O) groups excluding carboxylic acids is 1. The highest BCUT2D eigenvalue weighted by Gasteiger charge is 2.44. The van der Waals surface area contributed by atoms with Crippen LogP contribution in [0.5, 0.6) is 5.75 Å². The van der Waals surface area contributed by atoms with Crippen LogP contribution in [0.1, 0.15) is 29.6 Å². The van der Waals surface area contributed by atoms with Crippen LogP contribution < -0.4 is 10.1 Å². The Balaban J connectivity index is 1.21. The van der Waals surface area contributed by atoms with Gasteiger partial charge in [-0.15, -0.1) is 0 Å². The van der Waals surface area contributed by atoms with Crippen molar-refractivity contribution in [2.75, 3.05) is 25.0 Å². The number of anilines is 2. The van der Waals surface area contributed by atoms with Crippen LogP contribution in [-0.4, -0.2) is 42.2 Å². The molecule has 3 aromatic carbocycles. The van der Waals surface area contributed by atoms with Gasteiger partial charge in [0.25, 0.3) is 5.91 Å². The number of hydrogen-bond donors (Lipinski definition) is 1. The van der Waals surface area contributed by atoms with E-state index in [1.165, 1.54) is 6.07 Å². The van der Waals surface area contributed by atoms with E-state index in [1.54, 1.807) is 18.2 Å². The van der Waals surface area contributed by atoms with Gasteiger partial charge in [0.05, 0.1) is 23.5 Å². The Morgan fingerprint density at radius 3 is 2.45 bits per heavy atom. The van der Waals surface area contributed by atoms with Gasteiger partial charge in [-0.05, 0) is 49.2 Å². The summed E-state index contributed by atoms with van der Waals surface area (Å²) in [5.74, 6) is -0.0824. The first-order valence-corrected chi connectivity index (χ1v) is 11.4. The van der Waals surface area contributed by atoms with Crippen molar-refractivity contribution in [3.63, 3.8) is 0 Å². The molecule has 0 radical (unpaired) electrons. The third-order valence-electron chi connectivity index (χ3n) is 6.48. The zero-order valence-electron chi connectivity index (χ0n) is 18.4. The fraction of sp³-hybridized carbons (Fsp3) is 0.296. The van der Waals surface area contributed by atoms with Crippen LogP contribution in [0.4, 0.5) is 15.8 Å². The van der Waals surface area contributed by atoms with Gasteiger partial charge >= 0.3 is 0 Å². The first-order chi connectivity index (χ1) is 16.1. The fourth-order valence-corrected chi connectivity index (χ4v) is 4.69. The number of hydrogen-bond acceptors (Lipinski definition) is 4. The van der Waals surface area contributed by atoms with Crippen LogP contribution >= 0.6 is 0 Å². The Hall–Kier alpha value is -3.38. The van der Waals surface area contributed by atoms with Crippen molar-refractivity contribution in [3.05, 3.63) is 90.2 Å². The Labute approximate surface area is 193 Å². The van der Waals surface area contributed by atoms with Crippen molar-refractivity contribution in [1.82, 2.24) is 4.90 Å². The predicted molar refractivity (Wildman–Crippen MR) is 125 cm³/mol. The molecule has 6 heteroatoms. The zero-order valence-corrected chi connectivity index (χ0v) is 18.4. The highest BCUT2D eigenvalue weighted by atomic mass is 19.1. The van der Waals surface area contributed by atoms with E-state index in [2.05, 4.69) is 5.32 Å². The van der Waals surface area contributed by atoms with Crippen molar-refractivity contribution in [3.8, 4) is 5.75 Å². The molecule has 2 aliphatic heterocycles. The molecule has 1 amide bonds. The molecule has 170 valence electrons. The molecule has 2 heterocycles. The van der Waals surface area contributed by atoms with Crippen LogP contribution in [0, 0.1) is 5.82 Å². The van der Waals surface area contributed by atoms with E-state index < -0.39 is 0 Å². The number of benzene rings is 3. The topological polar surface area (TPSA) is 50.8 Å². The lowest BCUT2D eigenvalue weighted by Crippen LogP contribution is -2.46. The van der Waals surface area contributed by atoms with Gasteiger partial charge in [0.15, 0.2) is 11.6 Å². The molecule has 1 spiro atoms. The molecular weight excluding hydrogens is 419 g/mol. The molecule has 0 bridgehead atoms. The summed E-state index contributed by atoms with van der Waals surface area (Å²) in [6.45, 7) is 1.67. The largest absolute Gasteiger partial charge is 0.485 e. The number of nitrogens with zero attached hydrogens (tertiary/aromatic N) is 1. The molecule has 2 aliphatic rings. The van der Waals surface area contributed by atoms with Crippen molar-refractivity contribution in [1.29, 1.82) is 0 Å². The Morgan fingerprint density at radius 1 is 0.970 bits per heavy atom. The van der Waals surface area contributed by atoms with Gasteiger partial charge in [-0.1, -0.05) is 42.5 Å². The number of para-hydroxylation sites is 3. The third-order valence-corrected chi connectivity index (χ3v) is 6.48. The van der Waals surface area contributed by atoms with E-state index in [4.69, 9.17) is 9.47 Å². The average molecular weight is 447 g/mol. The standard InChI is InChI=1S/C27H27FN2O3/c28-23-11-5-7-13-25(23)33-21-18-27(32-19-21)14-16-30(17-15-27)26(31)22-10-4-6-12-24(22)29-20-8-2-1-3-9-20/h1-13,21,29H,14-19H2. The minimum Gasteiger partial charge on any atom is -0.485 e. The molecule has 1 atom stereocenters. The third kappa shape index (κ3) is 4.71. The second-order valence-corrected chi connectivity index (χ2v) is 8.70. The summed E-state index contributed by atoms with van der Waals surface area (Å²) in [4.78, 5) is 15.2. The molecular formula is C27H27FN2O3. The molecule has 1 unspecified atom stereocenters. The van der Waals surface area contributed by atoms with Gasteiger partial charge in [-0.25, -0.2) is 4.39 Å². The summed E-state index contributed by atoms with van der Waals surface area (Å²) in [7, 11) is 0. The fourth-order valence-electron chi connectivity index (χ4n) is 4.69. The quantitative estimate of drug-likeness (QED) is 0.569. The number of rotatable bonds is 5. The number of carbonyl (C=O) groups is 1. The normalized spacial score (nSPS) is 19.4. The maximum Gasteiger partial charge on any atom is 0.255 e. The summed E-state index contributed by atoms with van der Waals surface area (Å²) >= 11 is 0. The number of ether oxygens (including phenoxy) is 2. The molecule has 5 rings (SSSR count). The van der Waals surface area contributed by atoms with E-state index in [0.717, 1.165) is 24.2 Å². The van der Waals surface area contributed by atoms with Crippen molar-refractivity contribution in [2.45, 2.75) is 31.0 Å². The molecule has 0 aliphatic carbocycles. The summed E-state index contributed by atoms with van der Waals surface area (Å²) in [6.07, 6.45) is 2.00. The monoisotopic (exact) mass is 446 g/mol. The molecule has 0 aromatic heterocycles. The van der Waals surface area contributed by atoms with E-state index >= 15 is 0 Å². The summed E-state index contributed by atoms with van der Waals surface area (Å²) in [6, 6.07) is 23.9. The van der Waals surface area contributed by atoms with Gasteiger partial charge in [-0.2, -0.15) is 0 Å². The minimum atomic E-state index is -0.360. The lowest BCUT2D eigenvalue weighted by atomic mass is 9.87. The van der Waals surface area contributed by atoms with Crippen LogP contribution in [-0.2, 0) is 4.74 Å². The molecule has 0 saturated carbocycles. The predicted octanol–water partition coefficient (Wildman–Crippen LogP) is 5.41. The molecule has 5 nitrogen and oxygen atoms in total. The average Bonchev–Trinajstić information content (AvgIpc) is 3.23. The number of nitrogens with one attached hydrogen (secondary N) is 1. The van der Waals surface area contributed by atoms with Gasteiger partial charge < -0.3 is 19.7 Å². The molecule has 2 saturated heterocycles. The maximum absolute atomic E-state index is 13.9. The van der Waals surface area contributed by atoms with E-state index in [0.29, 0.717) is 31.7 Å².